The topological polar surface area (TPSA) is 95.5 Å². The van der Waals surface area contributed by atoms with E-state index in [2.05, 4.69) is 10.6 Å². The van der Waals surface area contributed by atoms with Crippen molar-refractivity contribution in [2.45, 2.75) is 33.7 Å². The maximum Gasteiger partial charge on any atom is 0.335 e. The molecule has 1 aromatic rings. The Bertz CT molecular complexity index is 544. The molecular weight excluding hydrogens is 284 g/mol. The highest BCUT2D eigenvalue weighted by atomic mass is 16.4. The van der Waals surface area contributed by atoms with Gasteiger partial charge in [-0.3, -0.25) is 9.59 Å². The fourth-order valence-electron chi connectivity index (χ4n) is 1.61. The summed E-state index contributed by atoms with van der Waals surface area (Å²) in [6.07, 6.45) is 0.203. The van der Waals surface area contributed by atoms with Crippen LogP contribution in [0, 0.1) is 5.41 Å². The molecule has 0 spiro atoms. The van der Waals surface area contributed by atoms with Gasteiger partial charge in [-0.25, -0.2) is 4.79 Å². The smallest absolute Gasteiger partial charge is 0.335 e. The zero-order valence-electron chi connectivity index (χ0n) is 13.1. The number of aromatic carboxylic acids is 1. The monoisotopic (exact) mass is 306 g/mol. The number of carboxylic acid groups (broad SMARTS) is 1. The predicted octanol–water partition coefficient (Wildman–Crippen LogP) is 1.55. The lowest BCUT2D eigenvalue weighted by molar-refractivity contribution is -0.128. The number of hydrogen-bond acceptors (Lipinski definition) is 3. The van der Waals surface area contributed by atoms with E-state index in [4.69, 9.17) is 5.11 Å². The summed E-state index contributed by atoms with van der Waals surface area (Å²) in [5, 5.41) is 14.2. The largest absolute Gasteiger partial charge is 0.478 e. The van der Waals surface area contributed by atoms with Crippen LogP contribution >= 0.6 is 0 Å². The first kappa shape index (κ1) is 17.7. The lowest BCUT2D eigenvalue weighted by Crippen LogP contribution is -2.37. The third-order valence-corrected chi connectivity index (χ3v) is 3.01. The van der Waals surface area contributed by atoms with Gasteiger partial charge < -0.3 is 15.7 Å². The SMILES string of the molecule is CC(C)(C)C(=O)NCCC(=O)NCc1ccc(C(=O)O)cc1. The molecule has 0 saturated heterocycles. The average Bonchev–Trinajstić information content (AvgIpc) is 2.44. The quantitative estimate of drug-likeness (QED) is 0.743. The number of carbonyl (C=O) groups excluding carboxylic acids is 2. The van der Waals surface area contributed by atoms with Crippen molar-refractivity contribution in [2.24, 2.45) is 5.41 Å². The Hall–Kier alpha value is -2.37. The molecule has 3 N–H and O–H groups in total. The van der Waals surface area contributed by atoms with Gasteiger partial charge in [-0.2, -0.15) is 0 Å². The van der Waals surface area contributed by atoms with Gasteiger partial charge in [-0.1, -0.05) is 32.9 Å². The Morgan fingerprint density at radius 1 is 1.05 bits per heavy atom. The summed E-state index contributed by atoms with van der Waals surface area (Å²) in [6, 6.07) is 6.30. The van der Waals surface area contributed by atoms with E-state index in [9.17, 15) is 14.4 Å². The van der Waals surface area contributed by atoms with Crippen molar-refractivity contribution < 1.29 is 19.5 Å². The molecular formula is C16H22N2O4. The first-order chi connectivity index (χ1) is 10.2. The molecule has 0 unspecified atom stereocenters. The van der Waals surface area contributed by atoms with Crippen molar-refractivity contribution >= 4 is 17.8 Å². The van der Waals surface area contributed by atoms with Crippen LogP contribution < -0.4 is 10.6 Å². The van der Waals surface area contributed by atoms with Crippen molar-refractivity contribution in [1.29, 1.82) is 0 Å². The summed E-state index contributed by atoms with van der Waals surface area (Å²) >= 11 is 0. The Labute approximate surface area is 129 Å². The molecule has 0 aromatic heterocycles. The standard InChI is InChI=1S/C16H22N2O4/c1-16(2,3)15(22)17-9-8-13(19)18-10-11-4-6-12(7-5-11)14(20)21/h4-7H,8-10H2,1-3H3,(H,17,22)(H,18,19)(H,20,21). The van der Waals surface area contributed by atoms with E-state index in [1.807, 2.05) is 20.8 Å². The fourth-order valence-corrected chi connectivity index (χ4v) is 1.61. The summed E-state index contributed by atoms with van der Waals surface area (Å²) in [6.45, 7) is 6.04. The molecule has 0 heterocycles. The molecule has 6 nitrogen and oxygen atoms in total. The van der Waals surface area contributed by atoms with Crippen LogP contribution in [-0.2, 0) is 16.1 Å². The zero-order valence-corrected chi connectivity index (χ0v) is 13.1. The van der Waals surface area contributed by atoms with Crippen molar-refractivity contribution in [3.05, 3.63) is 35.4 Å². The van der Waals surface area contributed by atoms with Crippen LogP contribution in [0.3, 0.4) is 0 Å². The molecule has 0 saturated carbocycles. The van der Waals surface area contributed by atoms with Gasteiger partial charge >= 0.3 is 5.97 Å². The molecule has 120 valence electrons. The molecule has 0 bridgehead atoms. The minimum Gasteiger partial charge on any atom is -0.478 e. The minimum absolute atomic E-state index is 0.0930. The van der Waals surface area contributed by atoms with Gasteiger partial charge in [0.15, 0.2) is 0 Å². The van der Waals surface area contributed by atoms with Gasteiger partial charge in [0.2, 0.25) is 11.8 Å². The number of carbonyl (C=O) groups is 3. The third-order valence-electron chi connectivity index (χ3n) is 3.01. The summed E-state index contributed by atoms with van der Waals surface area (Å²) < 4.78 is 0. The van der Waals surface area contributed by atoms with E-state index in [0.29, 0.717) is 13.1 Å². The second kappa shape index (κ2) is 7.59. The Morgan fingerprint density at radius 3 is 2.14 bits per heavy atom. The van der Waals surface area contributed by atoms with Crippen molar-refractivity contribution in [1.82, 2.24) is 10.6 Å². The molecule has 0 atom stereocenters. The molecule has 1 aromatic carbocycles. The molecule has 6 heteroatoms. The molecule has 22 heavy (non-hydrogen) atoms. The van der Waals surface area contributed by atoms with Crippen molar-refractivity contribution in [3.63, 3.8) is 0 Å². The number of hydrogen-bond donors (Lipinski definition) is 3. The maximum absolute atomic E-state index is 11.7. The van der Waals surface area contributed by atoms with Gasteiger partial charge in [0, 0.05) is 24.9 Å². The average molecular weight is 306 g/mol. The van der Waals surface area contributed by atoms with Crippen LogP contribution in [0.4, 0.5) is 0 Å². The fraction of sp³-hybridized carbons (Fsp3) is 0.438. The van der Waals surface area contributed by atoms with Crippen LogP contribution in [-0.4, -0.2) is 29.4 Å². The van der Waals surface area contributed by atoms with E-state index < -0.39 is 11.4 Å². The molecule has 0 radical (unpaired) electrons. The highest BCUT2D eigenvalue weighted by Gasteiger charge is 2.20. The van der Waals surface area contributed by atoms with E-state index in [-0.39, 0.29) is 23.8 Å². The summed E-state index contributed by atoms with van der Waals surface area (Å²) in [7, 11) is 0. The van der Waals surface area contributed by atoms with Crippen LogP contribution in [0.2, 0.25) is 0 Å². The summed E-state index contributed by atoms with van der Waals surface area (Å²) in [5.41, 5.74) is 0.555. The van der Waals surface area contributed by atoms with Gasteiger partial charge in [0.1, 0.15) is 0 Å². The highest BCUT2D eigenvalue weighted by Crippen LogP contribution is 2.12. The molecule has 0 aliphatic heterocycles. The zero-order chi connectivity index (χ0) is 16.8. The maximum atomic E-state index is 11.7. The van der Waals surface area contributed by atoms with E-state index in [1.165, 1.54) is 12.1 Å². The van der Waals surface area contributed by atoms with Gasteiger partial charge in [-0.05, 0) is 17.7 Å². The lowest BCUT2D eigenvalue weighted by Gasteiger charge is -2.17. The first-order valence-corrected chi connectivity index (χ1v) is 7.07. The molecule has 0 aliphatic carbocycles. The lowest BCUT2D eigenvalue weighted by atomic mass is 9.96. The normalized spacial score (nSPS) is 10.9. The molecule has 0 aliphatic rings. The van der Waals surface area contributed by atoms with E-state index in [1.54, 1.807) is 12.1 Å². The second-order valence-electron chi connectivity index (χ2n) is 6.03. The third kappa shape index (κ3) is 5.95. The van der Waals surface area contributed by atoms with Crippen molar-refractivity contribution in [3.8, 4) is 0 Å². The van der Waals surface area contributed by atoms with Crippen molar-refractivity contribution in [2.75, 3.05) is 6.54 Å². The second-order valence-corrected chi connectivity index (χ2v) is 6.03. The number of amides is 2. The predicted molar refractivity (Wildman–Crippen MR) is 82.3 cm³/mol. The van der Waals surface area contributed by atoms with E-state index >= 15 is 0 Å². The minimum atomic E-state index is -0.981. The molecule has 1 rings (SSSR count). The Kier molecular flexibility index (Phi) is 6.10. The number of benzene rings is 1. The van der Waals surface area contributed by atoms with Gasteiger partial charge in [0.05, 0.1) is 5.56 Å². The Morgan fingerprint density at radius 2 is 1.64 bits per heavy atom. The van der Waals surface area contributed by atoms with Crippen LogP contribution in [0.25, 0.3) is 0 Å². The number of rotatable bonds is 6. The molecule has 0 fully saturated rings. The highest BCUT2D eigenvalue weighted by molar-refractivity contribution is 5.87. The number of carboxylic acids is 1. The van der Waals surface area contributed by atoms with Gasteiger partial charge in [-0.15, -0.1) is 0 Å². The first-order valence-electron chi connectivity index (χ1n) is 7.07. The summed E-state index contributed by atoms with van der Waals surface area (Å²) in [4.78, 5) is 34.0. The van der Waals surface area contributed by atoms with E-state index in [0.717, 1.165) is 5.56 Å². The molecule has 2 amide bonds. The van der Waals surface area contributed by atoms with Crippen LogP contribution in [0.5, 0.6) is 0 Å². The van der Waals surface area contributed by atoms with Gasteiger partial charge in [0.25, 0.3) is 0 Å². The van der Waals surface area contributed by atoms with Crippen LogP contribution in [0.1, 0.15) is 43.1 Å². The Balaban J connectivity index is 2.31. The number of nitrogens with one attached hydrogen (secondary N) is 2. The summed E-state index contributed by atoms with van der Waals surface area (Å²) in [5.74, 6) is -1.24. The van der Waals surface area contributed by atoms with Crippen LogP contribution in [0.15, 0.2) is 24.3 Å².